The Hall–Kier alpha value is -2.08. The molecule has 0 unspecified atom stereocenters. The number of nitrogens with one attached hydrogen (secondary N) is 2. The number of hydrogen-bond acceptors (Lipinski definition) is 5. The van der Waals surface area contributed by atoms with Gasteiger partial charge in [-0.25, -0.2) is 4.98 Å². The summed E-state index contributed by atoms with van der Waals surface area (Å²) in [5, 5.41) is 7.05. The van der Waals surface area contributed by atoms with Crippen LogP contribution in [0.2, 0.25) is 0 Å². The molecule has 6 heteroatoms. The molecule has 0 saturated heterocycles. The van der Waals surface area contributed by atoms with Gasteiger partial charge in [-0.2, -0.15) is 0 Å². The topological polar surface area (TPSA) is 80.0 Å². The number of benzene rings is 1. The SMILES string of the molecule is CCNC(=O)c1ccc(N)cc1NCc1ncc(CC)s1. The fraction of sp³-hybridized carbons (Fsp3) is 0.333. The molecule has 1 aromatic heterocycles. The standard InChI is InChI=1S/C15H20N4OS/c1-3-11-8-19-14(21-11)9-18-13-7-10(16)5-6-12(13)15(20)17-4-2/h5-8,18H,3-4,9,16H2,1-2H3,(H,17,20). The van der Waals surface area contributed by atoms with Crippen LogP contribution in [0.3, 0.4) is 0 Å². The summed E-state index contributed by atoms with van der Waals surface area (Å²) in [7, 11) is 0. The first-order chi connectivity index (χ1) is 10.1. The van der Waals surface area contributed by atoms with Gasteiger partial charge in [0, 0.05) is 29.0 Å². The molecule has 4 N–H and O–H groups in total. The van der Waals surface area contributed by atoms with Gasteiger partial charge in [-0.15, -0.1) is 11.3 Å². The molecular formula is C15H20N4OS. The molecule has 5 nitrogen and oxygen atoms in total. The number of thiazole rings is 1. The number of nitrogens with two attached hydrogens (primary N) is 1. The first-order valence-corrected chi connectivity index (χ1v) is 7.80. The van der Waals surface area contributed by atoms with E-state index in [0.29, 0.717) is 24.3 Å². The van der Waals surface area contributed by atoms with Crippen LogP contribution in [-0.2, 0) is 13.0 Å². The van der Waals surface area contributed by atoms with Gasteiger partial charge in [-0.3, -0.25) is 4.79 Å². The summed E-state index contributed by atoms with van der Waals surface area (Å²) in [5.41, 5.74) is 7.76. The van der Waals surface area contributed by atoms with E-state index in [1.54, 1.807) is 29.5 Å². The molecule has 112 valence electrons. The number of carbonyl (C=O) groups excluding carboxylic acids is 1. The molecule has 1 aromatic carbocycles. The van der Waals surface area contributed by atoms with Crippen LogP contribution in [-0.4, -0.2) is 17.4 Å². The average molecular weight is 304 g/mol. The van der Waals surface area contributed by atoms with Gasteiger partial charge in [0.2, 0.25) is 0 Å². The van der Waals surface area contributed by atoms with Crippen LogP contribution in [0.5, 0.6) is 0 Å². The lowest BCUT2D eigenvalue weighted by molar-refractivity contribution is 0.0956. The Bertz CT molecular complexity index is 624. The molecule has 0 atom stereocenters. The van der Waals surface area contributed by atoms with Gasteiger partial charge >= 0.3 is 0 Å². The fourth-order valence-electron chi connectivity index (χ4n) is 1.93. The van der Waals surface area contributed by atoms with E-state index in [0.717, 1.165) is 17.1 Å². The van der Waals surface area contributed by atoms with Crippen LogP contribution >= 0.6 is 11.3 Å². The molecule has 0 bridgehead atoms. The van der Waals surface area contributed by atoms with Gasteiger partial charge < -0.3 is 16.4 Å². The summed E-state index contributed by atoms with van der Waals surface area (Å²) in [6.07, 6.45) is 2.88. The Morgan fingerprint density at radius 3 is 2.86 bits per heavy atom. The summed E-state index contributed by atoms with van der Waals surface area (Å²) in [4.78, 5) is 17.6. The Balaban J connectivity index is 2.14. The number of hydrogen-bond donors (Lipinski definition) is 3. The van der Waals surface area contributed by atoms with Crippen molar-refractivity contribution in [2.24, 2.45) is 0 Å². The smallest absolute Gasteiger partial charge is 0.253 e. The number of anilines is 2. The zero-order valence-corrected chi connectivity index (χ0v) is 13.1. The van der Waals surface area contributed by atoms with E-state index in [9.17, 15) is 4.79 Å². The summed E-state index contributed by atoms with van der Waals surface area (Å²) < 4.78 is 0. The lowest BCUT2D eigenvalue weighted by Crippen LogP contribution is -2.23. The number of nitrogen functional groups attached to an aromatic ring is 1. The van der Waals surface area contributed by atoms with Crippen molar-refractivity contribution in [3.05, 3.63) is 39.8 Å². The maximum Gasteiger partial charge on any atom is 0.253 e. The van der Waals surface area contributed by atoms with Crippen LogP contribution in [0.25, 0.3) is 0 Å². The highest BCUT2D eigenvalue weighted by Gasteiger charge is 2.11. The molecule has 2 aromatic rings. The monoisotopic (exact) mass is 304 g/mol. The van der Waals surface area contributed by atoms with E-state index in [-0.39, 0.29) is 5.91 Å². The van der Waals surface area contributed by atoms with Crippen molar-refractivity contribution in [2.45, 2.75) is 26.8 Å². The van der Waals surface area contributed by atoms with Crippen molar-refractivity contribution in [3.8, 4) is 0 Å². The second-order valence-electron chi connectivity index (χ2n) is 4.59. The van der Waals surface area contributed by atoms with Crippen molar-refractivity contribution in [2.75, 3.05) is 17.6 Å². The minimum atomic E-state index is -0.103. The maximum absolute atomic E-state index is 12.0. The van der Waals surface area contributed by atoms with E-state index in [2.05, 4.69) is 22.5 Å². The highest BCUT2D eigenvalue weighted by atomic mass is 32.1. The number of aryl methyl sites for hydroxylation is 1. The fourth-order valence-corrected chi connectivity index (χ4v) is 2.73. The zero-order valence-electron chi connectivity index (χ0n) is 12.3. The largest absolute Gasteiger partial charge is 0.399 e. The first kappa shape index (κ1) is 15.3. The molecule has 0 aliphatic carbocycles. The van der Waals surface area contributed by atoms with Gasteiger partial charge in [0.1, 0.15) is 5.01 Å². The Labute approximate surface area is 128 Å². The van der Waals surface area contributed by atoms with Crippen LogP contribution in [0.4, 0.5) is 11.4 Å². The molecule has 0 radical (unpaired) electrons. The van der Waals surface area contributed by atoms with Crippen molar-refractivity contribution < 1.29 is 4.79 Å². The van der Waals surface area contributed by atoms with Gasteiger partial charge in [0.25, 0.3) is 5.91 Å². The highest BCUT2D eigenvalue weighted by molar-refractivity contribution is 7.11. The van der Waals surface area contributed by atoms with Crippen molar-refractivity contribution in [1.29, 1.82) is 0 Å². The maximum atomic E-state index is 12.0. The van der Waals surface area contributed by atoms with E-state index in [4.69, 9.17) is 5.73 Å². The second kappa shape index (κ2) is 7.08. The van der Waals surface area contributed by atoms with Gasteiger partial charge in [-0.05, 0) is 31.5 Å². The van der Waals surface area contributed by atoms with E-state index >= 15 is 0 Å². The van der Waals surface area contributed by atoms with Gasteiger partial charge in [0.05, 0.1) is 12.1 Å². The molecule has 0 spiro atoms. The summed E-state index contributed by atoms with van der Waals surface area (Å²) >= 11 is 1.68. The molecule has 0 aliphatic heterocycles. The predicted molar refractivity (Wildman–Crippen MR) is 87.7 cm³/mol. The third-order valence-corrected chi connectivity index (χ3v) is 4.15. The molecule has 1 heterocycles. The van der Waals surface area contributed by atoms with Crippen molar-refractivity contribution in [3.63, 3.8) is 0 Å². The van der Waals surface area contributed by atoms with Gasteiger partial charge in [0.15, 0.2) is 0 Å². The normalized spacial score (nSPS) is 10.4. The number of nitrogens with zero attached hydrogens (tertiary/aromatic N) is 1. The van der Waals surface area contributed by atoms with Gasteiger partial charge in [-0.1, -0.05) is 6.92 Å². The first-order valence-electron chi connectivity index (χ1n) is 6.99. The number of rotatable bonds is 6. The average Bonchev–Trinajstić information content (AvgIpc) is 2.93. The minimum absolute atomic E-state index is 0.103. The summed E-state index contributed by atoms with van der Waals surface area (Å²) in [6.45, 7) is 5.18. The number of amides is 1. The van der Waals surface area contributed by atoms with E-state index < -0.39 is 0 Å². The molecule has 2 rings (SSSR count). The van der Waals surface area contributed by atoms with E-state index in [1.807, 2.05) is 13.1 Å². The Kier molecular flexibility index (Phi) is 5.16. The number of aromatic nitrogens is 1. The van der Waals surface area contributed by atoms with Crippen LogP contribution < -0.4 is 16.4 Å². The van der Waals surface area contributed by atoms with Crippen molar-refractivity contribution >= 4 is 28.6 Å². The number of carbonyl (C=O) groups is 1. The summed E-state index contributed by atoms with van der Waals surface area (Å²) in [5.74, 6) is -0.103. The minimum Gasteiger partial charge on any atom is -0.399 e. The predicted octanol–water partition coefficient (Wildman–Crippen LogP) is 2.65. The Morgan fingerprint density at radius 1 is 1.38 bits per heavy atom. The molecule has 0 aliphatic rings. The van der Waals surface area contributed by atoms with Crippen LogP contribution in [0, 0.1) is 0 Å². The molecule has 0 saturated carbocycles. The highest BCUT2D eigenvalue weighted by Crippen LogP contribution is 2.21. The molecule has 21 heavy (non-hydrogen) atoms. The second-order valence-corrected chi connectivity index (χ2v) is 5.79. The quantitative estimate of drug-likeness (QED) is 0.717. The lowest BCUT2D eigenvalue weighted by atomic mass is 10.1. The summed E-state index contributed by atoms with van der Waals surface area (Å²) in [6, 6.07) is 5.25. The molecular weight excluding hydrogens is 284 g/mol. The lowest BCUT2D eigenvalue weighted by Gasteiger charge is -2.11. The van der Waals surface area contributed by atoms with Crippen LogP contribution in [0.1, 0.15) is 34.1 Å². The third-order valence-electron chi connectivity index (χ3n) is 3.01. The zero-order chi connectivity index (χ0) is 15.2. The Morgan fingerprint density at radius 2 is 2.19 bits per heavy atom. The molecule has 0 fully saturated rings. The van der Waals surface area contributed by atoms with E-state index in [1.165, 1.54) is 4.88 Å². The van der Waals surface area contributed by atoms with Crippen LogP contribution in [0.15, 0.2) is 24.4 Å². The molecule has 1 amide bonds. The third kappa shape index (κ3) is 3.95. The van der Waals surface area contributed by atoms with Crippen molar-refractivity contribution in [1.82, 2.24) is 10.3 Å².